The second-order valence-electron chi connectivity index (χ2n) is 9.52. The molecule has 2 atom stereocenters. The van der Waals surface area contributed by atoms with E-state index in [1.54, 1.807) is 6.07 Å². The van der Waals surface area contributed by atoms with Crippen molar-refractivity contribution in [2.45, 2.75) is 50.7 Å². The van der Waals surface area contributed by atoms with Gasteiger partial charge in [0.15, 0.2) is 0 Å². The van der Waals surface area contributed by atoms with Gasteiger partial charge in [-0.2, -0.15) is 0 Å². The van der Waals surface area contributed by atoms with Crippen LogP contribution in [-0.2, 0) is 33.6 Å². The lowest BCUT2D eigenvalue weighted by atomic mass is 9.93. The predicted octanol–water partition coefficient (Wildman–Crippen LogP) is 1.68. The molecule has 3 heterocycles. The number of nitrogens with one attached hydrogen (secondary N) is 1. The Kier molecular flexibility index (Phi) is 8.51. The zero-order chi connectivity index (χ0) is 27.4. The van der Waals surface area contributed by atoms with Gasteiger partial charge in [-0.05, 0) is 55.8 Å². The van der Waals surface area contributed by atoms with Crippen molar-refractivity contribution in [1.82, 2.24) is 10.2 Å². The minimum atomic E-state index is -3.08. The highest BCUT2D eigenvalue weighted by Gasteiger charge is 2.37. The van der Waals surface area contributed by atoms with Crippen molar-refractivity contribution in [3.05, 3.63) is 29.6 Å². The van der Waals surface area contributed by atoms with Crippen LogP contribution in [0, 0.1) is 5.82 Å². The predicted molar refractivity (Wildman–Crippen MR) is 130 cm³/mol. The van der Waals surface area contributed by atoms with Gasteiger partial charge in [0.1, 0.15) is 27.8 Å². The lowest BCUT2D eigenvalue weighted by molar-refractivity contribution is -0.154. The molecular weight excluding hydrogens is 525 g/mol. The maximum absolute atomic E-state index is 14.9. The maximum Gasteiger partial charge on any atom is 0.419 e. The number of rotatable bonds is 7. The Labute approximate surface area is 219 Å². The minimum Gasteiger partial charge on any atom is -0.442 e. The molecule has 1 aromatic rings. The molecule has 0 saturated carbocycles. The summed E-state index contributed by atoms with van der Waals surface area (Å²) in [4.78, 5) is 50.8. The van der Waals surface area contributed by atoms with Gasteiger partial charge in [-0.25, -0.2) is 27.3 Å². The highest BCUT2D eigenvalue weighted by atomic mass is 32.2. The molecule has 0 bridgehead atoms. The van der Waals surface area contributed by atoms with Gasteiger partial charge in [-0.1, -0.05) is 6.07 Å². The molecule has 3 aliphatic rings. The van der Waals surface area contributed by atoms with Crippen LogP contribution in [0.1, 0.15) is 44.1 Å². The fourth-order valence-corrected chi connectivity index (χ4v) is 6.27. The summed E-state index contributed by atoms with van der Waals surface area (Å²) in [6.45, 7) is 0.784. The van der Waals surface area contributed by atoms with Crippen LogP contribution < -0.4 is 10.2 Å². The molecule has 1 N–H and O–H groups in total. The number of imide groups is 1. The molecule has 38 heavy (non-hydrogen) atoms. The van der Waals surface area contributed by atoms with E-state index < -0.39 is 58.7 Å². The number of nitrogens with zero attached hydrogens (tertiary/aromatic N) is 2. The smallest absolute Gasteiger partial charge is 0.419 e. The Morgan fingerprint density at radius 3 is 2.55 bits per heavy atom. The van der Waals surface area contributed by atoms with Gasteiger partial charge >= 0.3 is 18.2 Å². The summed E-state index contributed by atoms with van der Waals surface area (Å²) in [5.41, 5.74) is 0.620. The number of benzene rings is 1. The average Bonchev–Trinajstić information content (AvgIpc) is 3.52. The van der Waals surface area contributed by atoms with E-state index in [-0.39, 0.29) is 36.2 Å². The topological polar surface area (TPSA) is 149 Å². The van der Waals surface area contributed by atoms with E-state index in [0.717, 1.165) is 18.2 Å². The van der Waals surface area contributed by atoms with E-state index in [9.17, 15) is 32.0 Å². The van der Waals surface area contributed by atoms with Crippen molar-refractivity contribution < 1.29 is 46.2 Å². The van der Waals surface area contributed by atoms with Gasteiger partial charge in [-0.15, -0.1) is 0 Å². The first kappa shape index (κ1) is 27.8. The number of hydrogen-bond acceptors (Lipinski definition) is 10. The van der Waals surface area contributed by atoms with E-state index in [2.05, 4.69) is 5.32 Å². The van der Waals surface area contributed by atoms with Crippen LogP contribution in [0.3, 0.4) is 0 Å². The van der Waals surface area contributed by atoms with Crippen molar-refractivity contribution >= 4 is 39.6 Å². The number of carbonyl (C=O) groups is 4. The molecule has 12 nitrogen and oxygen atoms in total. The molecule has 3 fully saturated rings. The number of sulfone groups is 1. The quantitative estimate of drug-likeness (QED) is 0.389. The largest absolute Gasteiger partial charge is 0.442 e. The van der Waals surface area contributed by atoms with E-state index in [1.165, 1.54) is 17.0 Å². The SMILES string of the molecule is CC(=O)N(C[C@H]1CN(c2ccc(C3CCS(=O)(=O)CC3)c(F)c2)C(=O)O1)C(=O)OCOC(=O)[C@@H]1CCCN1. The normalized spacial score (nSPS) is 23.1. The van der Waals surface area contributed by atoms with Crippen molar-refractivity contribution in [3.63, 3.8) is 0 Å². The van der Waals surface area contributed by atoms with Crippen molar-refractivity contribution in [1.29, 1.82) is 0 Å². The molecule has 0 radical (unpaired) electrons. The summed E-state index contributed by atoms with van der Waals surface area (Å²) < 4.78 is 53.4. The van der Waals surface area contributed by atoms with Gasteiger partial charge in [0.25, 0.3) is 0 Å². The molecule has 14 heteroatoms. The molecule has 3 aliphatic heterocycles. The number of ether oxygens (including phenoxy) is 3. The summed E-state index contributed by atoms with van der Waals surface area (Å²) in [5.74, 6) is -1.99. The first-order valence-corrected chi connectivity index (χ1v) is 14.2. The summed E-state index contributed by atoms with van der Waals surface area (Å²) in [5, 5.41) is 2.95. The Morgan fingerprint density at radius 2 is 1.92 bits per heavy atom. The number of halogens is 1. The number of esters is 1. The van der Waals surface area contributed by atoms with Crippen LogP contribution in [-0.4, -0.2) is 87.5 Å². The molecule has 4 rings (SSSR count). The first-order valence-electron chi connectivity index (χ1n) is 12.4. The van der Waals surface area contributed by atoms with E-state index >= 15 is 0 Å². The lowest BCUT2D eigenvalue weighted by Gasteiger charge is -2.23. The molecule has 208 valence electrons. The second-order valence-corrected chi connectivity index (χ2v) is 11.8. The first-order chi connectivity index (χ1) is 18.0. The second kappa shape index (κ2) is 11.6. The fourth-order valence-electron chi connectivity index (χ4n) is 4.78. The Hall–Kier alpha value is -3.26. The molecule has 1 aromatic carbocycles. The van der Waals surface area contributed by atoms with Gasteiger partial charge in [-0.3, -0.25) is 14.5 Å². The molecule has 3 saturated heterocycles. The molecule has 0 spiro atoms. The van der Waals surface area contributed by atoms with Gasteiger partial charge in [0.05, 0.1) is 30.3 Å². The number of anilines is 1. The molecule has 0 unspecified atom stereocenters. The van der Waals surface area contributed by atoms with Crippen molar-refractivity contribution in [2.75, 3.05) is 42.8 Å². The molecule has 3 amide bonds. The lowest BCUT2D eigenvalue weighted by Crippen LogP contribution is -2.43. The zero-order valence-corrected chi connectivity index (χ0v) is 21.7. The molecule has 0 aliphatic carbocycles. The summed E-state index contributed by atoms with van der Waals surface area (Å²) in [6.07, 6.45) is -0.633. The third kappa shape index (κ3) is 6.59. The summed E-state index contributed by atoms with van der Waals surface area (Å²) >= 11 is 0. The maximum atomic E-state index is 14.9. The van der Waals surface area contributed by atoms with Crippen molar-refractivity contribution in [3.8, 4) is 0 Å². The highest BCUT2D eigenvalue weighted by molar-refractivity contribution is 7.91. The number of amides is 3. The van der Waals surface area contributed by atoms with Crippen LogP contribution in [0.15, 0.2) is 18.2 Å². The average molecular weight is 556 g/mol. The highest BCUT2D eigenvalue weighted by Crippen LogP contribution is 2.33. The number of hydrogen-bond donors (Lipinski definition) is 1. The van der Waals surface area contributed by atoms with Crippen LogP contribution in [0.2, 0.25) is 0 Å². The van der Waals surface area contributed by atoms with E-state index in [1.807, 2.05) is 0 Å². The van der Waals surface area contributed by atoms with Crippen LogP contribution in [0.5, 0.6) is 0 Å². The number of cyclic esters (lactones) is 1. The fraction of sp³-hybridized carbons (Fsp3) is 0.583. The third-order valence-electron chi connectivity index (χ3n) is 6.88. The van der Waals surface area contributed by atoms with Crippen LogP contribution in [0.4, 0.5) is 19.7 Å². The van der Waals surface area contributed by atoms with Gasteiger partial charge in [0, 0.05) is 6.92 Å². The van der Waals surface area contributed by atoms with E-state index in [4.69, 9.17) is 14.2 Å². The summed E-state index contributed by atoms with van der Waals surface area (Å²) in [7, 11) is -3.08. The molecular formula is C24H30FN3O9S. The van der Waals surface area contributed by atoms with E-state index in [0.29, 0.717) is 31.4 Å². The Balaban J connectivity index is 1.32. The van der Waals surface area contributed by atoms with Crippen LogP contribution in [0.25, 0.3) is 0 Å². The Bertz CT molecular complexity index is 1190. The Morgan fingerprint density at radius 1 is 1.18 bits per heavy atom. The zero-order valence-electron chi connectivity index (χ0n) is 20.9. The van der Waals surface area contributed by atoms with Gasteiger partial charge in [0.2, 0.25) is 12.7 Å². The monoisotopic (exact) mass is 555 g/mol. The summed E-state index contributed by atoms with van der Waals surface area (Å²) in [6, 6.07) is 3.82. The van der Waals surface area contributed by atoms with Crippen LogP contribution >= 0.6 is 0 Å². The molecule has 0 aromatic heterocycles. The van der Waals surface area contributed by atoms with Crippen molar-refractivity contribution in [2.24, 2.45) is 0 Å². The standard InChI is InChI=1S/C24H30FN3O9S/c1-15(29)27(23(31)36-14-35-22(30)21-3-2-8-26-21)12-18-13-28(24(32)37-18)17-4-5-19(20(25)11-17)16-6-9-38(33,34)10-7-16/h4-5,11,16,18,21,26H,2-3,6-10,12-14H2,1H3/t18-,21-/m0/s1. The third-order valence-corrected chi connectivity index (χ3v) is 8.59. The van der Waals surface area contributed by atoms with Gasteiger partial charge < -0.3 is 19.5 Å². The minimum absolute atomic E-state index is 0.00817. The number of carbonyl (C=O) groups excluding carboxylic acids is 4.